The largest absolute Gasteiger partial charge is 0.389 e. The van der Waals surface area contributed by atoms with Crippen LogP contribution in [0.25, 0.3) is 0 Å². The van der Waals surface area contributed by atoms with Crippen molar-refractivity contribution in [3.8, 4) is 0 Å². The Balaban J connectivity index is 2.17. The quantitative estimate of drug-likeness (QED) is 0.835. The highest BCUT2D eigenvalue weighted by Gasteiger charge is 2.13. The molecule has 0 aliphatic rings. The maximum atomic E-state index is 14.1. The summed E-state index contributed by atoms with van der Waals surface area (Å²) in [5, 5.41) is 6.68. The monoisotopic (exact) mass is 343 g/mol. The zero-order chi connectivity index (χ0) is 14.0. The second-order valence-electron chi connectivity index (χ2n) is 3.94. The summed E-state index contributed by atoms with van der Waals surface area (Å²) in [6.45, 7) is 2.16. The molecule has 0 aliphatic carbocycles. The number of rotatable bonds is 4. The summed E-state index contributed by atoms with van der Waals surface area (Å²) >= 11 is 7.98. The van der Waals surface area contributed by atoms with E-state index in [9.17, 15) is 4.39 Å². The van der Waals surface area contributed by atoms with Gasteiger partial charge < -0.3 is 15.6 Å². The maximum absolute atomic E-state index is 14.1. The van der Waals surface area contributed by atoms with E-state index in [0.717, 1.165) is 5.69 Å². The van der Waals surface area contributed by atoms with Gasteiger partial charge in [-0.25, -0.2) is 4.39 Å². The minimum Gasteiger partial charge on any atom is -0.389 e. The topological polar surface area (TPSA) is 64.1 Å². The lowest BCUT2D eigenvalue weighted by atomic mass is 10.2. The number of hydrogen-bond donors (Lipinski definition) is 2. The number of halogens is 2. The standard InChI is InChI=1S/C12H11BrFN3OS/c1-6-4-7(18-17-6)5-16-9-3-2-8(12(15)19)10(13)11(9)14/h2-4,16H,5H2,1H3,(H2,15,19). The van der Waals surface area contributed by atoms with Crippen molar-refractivity contribution in [2.24, 2.45) is 5.73 Å². The van der Waals surface area contributed by atoms with Gasteiger partial charge in [0.25, 0.3) is 0 Å². The number of nitrogens with two attached hydrogens (primary N) is 1. The number of nitrogens with one attached hydrogen (secondary N) is 1. The fourth-order valence-electron chi connectivity index (χ4n) is 1.56. The number of anilines is 1. The van der Waals surface area contributed by atoms with Gasteiger partial charge in [-0.15, -0.1) is 0 Å². The first kappa shape index (κ1) is 14.0. The molecular weight excluding hydrogens is 333 g/mol. The van der Waals surface area contributed by atoms with Crippen molar-refractivity contribution in [3.05, 3.63) is 45.5 Å². The molecule has 1 aromatic heterocycles. The molecule has 1 aromatic carbocycles. The van der Waals surface area contributed by atoms with Crippen LogP contribution in [-0.2, 0) is 6.54 Å². The van der Waals surface area contributed by atoms with Crippen LogP contribution >= 0.6 is 28.1 Å². The van der Waals surface area contributed by atoms with Crippen molar-refractivity contribution in [1.29, 1.82) is 0 Å². The molecule has 4 nitrogen and oxygen atoms in total. The number of hydrogen-bond acceptors (Lipinski definition) is 4. The molecule has 2 rings (SSSR count). The van der Waals surface area contributed by atoms with Crippen LogP contribution in [0.15, 0.2) is 27.2 Å². The average molecular weight is 344 g/mol. The second-order valence-corrected chi connectivity index (χ2v) is 5.17. The first-order valence-corrected chi connectivity index (χ1v) is 6.63. The molecule has 7 heteroatoms. The highest BCUT2D eigenvalue weighted by atomic mass is 79.9. The summed E-state index contributed by atoms with van der Waals surface area (Å²) in [5.74, 6) is 0.188. The van der Waals surface area contributed by atoms with E-state index in [-0.39, 0.29) is 9.46 Å². The SMILES string of the molecule is Cc1cc(CNc2ccc(C(N)=S)c(Br)c2F)on1. The Kier molecular flexibility index (Phi) is 4.16. The smallest absolute Gasteiger partial charge is 0.161 e. The number of thiocarbonyl (C=S) groups is 1. The summed E-state index contributed by atoms with van der Waals surface area (Å²) in [4.78, 5) is 0.142. The van der Waals surface area contributed by atoms with E-state index in [1.54, 1.807) is 18.2 Å². The Hall–Kier alpha value is -1.47. The second kappa shape index (κ2) is 5.66. The van der Waals surface area contributed by atoms with Gasteiger partial charge in [-0.1, -0.05) is 17.4 Å². The molecule has 0 atom stereocenters. The van der Waals surface area contributed by atoms with Crippen molar-refractivity contribution in [3.63, 3.8) is 0 Å². The lowest BCUT2D eigenvalue weighted by Crippen LogP contribution is -2.12. The van der Waals surface area contributed by atoms with Crippen molar-refractivity contribution in [1.82, 2.24) is 5.16 Å². The highest BCUT2D eigenvalue weighted by Crippen LogP contribution is 2.27. The molecule has 3 N–H and O–H groups in total. The van der Waals surface area contributed by atoms with Crippen molar-refractivity contribution >= 4 is 38.8 Å². The summed E-state index contributed by atoms with van der Waals surface area (Å²) in [6, 6.07) is 5.02. The summed E-state index contributed by atoms with van der Waals surface area (Å²) in [6.07, 6.45) is 0. The van der Waals surface area contributed by atoms with E-state index in [0.29, 0.717) is 23.6 Å². The van der Waals surface area contributed by atoms with E-state index >= 15 is 0 Å². The molecule has 100 valence electrons. The molecule has 19 heavy (non-hydrogen) atoms. The zero-order valence-corrected chi connectivity index (χ0v) is 12.4. The molecule has 0 saturated carbocycles. The van der Waals surface area contributed by atoms with Gasteiger partial charge in [-0.2, -0.15) is 0 Å². The van der Waals surface area contributed by atoms with Gasteiger partial charge in [-0.05, 0) is 35.0 Å². The third kappa shape index (κ3) is 3.10. The Bertz CT molecular complexity index is 629. The average Bonchev–Trinajstić information content (AvgIpc) is 2.76. The minimum absolute atomic E-state index is 0.142. The molecule has 1 heterocycles. The van der Waals surface area contributed by atoms with Gasteiger partial charge in [0.1, 0.15) is 4.99 Å². The molecule has 0 spiro atoms. The Morgan fingerprint density at radius 3 is 2.89 bits per heavy atom. The number of aromatic nitrogens is 1. The molecular formula is C12H11BrFN3OS. The van der Waals surface area contributed by atoms with Crippen LogP contribution in [0.2, 0.25) is 0 Å². The van der Waals surface area contributed by atoms with Crippen molar-refractivity contribution < 1.29 is 8.91 Å². The van der Waals surface area contributed by atoms with Gasteiger partial charge in [-0.3, -0.25) is 0 Å². The van der Waals surface area contributed by atoms with Crippen LogP contribution in [-0.4, -0.2) is 10.1 Å². The van der Waals surface area contributed by atoms with Crippen molar-refractivity contribution in [2.75, 3.05) is 5.32 Å². The first-order valence-electron chi connectivity index (χ1n) is 5.43. The first-order chi connectivity index (χ1) is 8.99. The fraction of sp³-hybridized carbons (Fsp3) is 0.167. The Morgan fingerprint density at radius 1 is 1.58 bits per heavy atom. The van der Waals surface area contributed by atoms with Crippen molar-refractivity contribution in [2.45, 2.75) is 13.5 Å². The predicted octanol–water partition coefficient (Wildman–Crippen LogP) is 3.13. The molecule has 0 saturated heterocycles. The highest BCUT2D eigenvalue weighted by molar-refractivity contribution is 9.10. The molecule has 0 radical (unpaired) electrons. The molecule has 0 bridgehead atoms. The third-order valence-electron chi connectivity index (χ3n) is 2.48. The molecule has 0 fully saturated rings. The van der Waals surface area contributed by atoms with Crippen LogP contribution in [0.4, 0.5) is 10.1 Å². The summed E-state index contributed by atoms with van der Waals surface area (Å²) in [5.41, 5.74) is 7.07. The third-order valence-corrected chi connectivity index (χ3v) is 3.47. The van der Waals surface area contributed by atoms with Crippen LogP contribution in [0.5, 0.6) is 0 Å². The number of benzene rings is 1. The Morgan fingerprint density at radius 2 is 2.32 bits per heavy atom. The normalized spacial score (nSPS) is 10.5. The van der Waals surface area contributed by atoms with Gasteiger partial charge in [0.2, 0.25) is 0 Å². The van der Waals surface area contributed by atoms with E-state index in [1.807, 2.05) is 6.92 Å². The summed E-state index contributed by atoms with van der Waals surface area (Å²) in [7, 11) is 0. The fourth-order valence-corrected chi connectivity index (χ4v) is 2.42. The molecule has 0 unspecified atom stereocenters. The van der Waals surface area contributed by atoms with Crippen LogP contribution in [0.1, 0.15) is 17.0 Å². The van der Waals surface area contributed by atoms with Gasteiger partial charge >= 0.3 is 0 Å². The van der Waals surface area contributed by atoms with E-state index in [4.69, 9.17) is 22.5 Å². The van der Waals surface area contributed by atoms with E-state index in [2.05, 4.69) is 26.4 Å². The van der Waals surface area contributed by atoms with Gasteiger partial charge in [0, 0.05) is 11.6 Å². The van der Waals surface area contributed by atoms with Crippen LogP contribution in [0.3, 0.4) is 0 Å². The zero-order valence-electron chi connectivity index (χ0n) is 10.0. The minimum atomic E-state index is -0.443. The van der Waals surface area contributed by atoms with Gasteiger partial charge in [0.15, 0.2) is 11.6 Å². The molecule has 0 aliphatic heterocycles. The molecule has 2 aromatic rings. The molecule has 0 amide bonds. The van der Waals surface area contributed by atoms with Gasteiger partial charge in [0.05, 0.1) is 22.4 Å². The Labute approximate surface area is 123 Å². The van der Waals surface area contributed by atoms with Crippen LogP contribution in [0, 0.1) is 12.7 Å². The van der Waals surface area contributed by atoms with Crippen LogP contribution < -0.4 is 11.1 Å². The van der Waals surface area contributed by atoms with E-state index < -0.39 is 5.82 Å². The lowest BCUT2D eigenvalue weighted by Gasteiger charge is -2.09. The van der Waals surface area contributed by atoms with E-state index in [1.165, 1.54) is 0 Å². The summed E-state index contributed by atoms with van der Waals surface area (Å²) < 4.78 is 19.3. The predicted molar refractivity (Wildman–Crippen MR) is 78.6 cm³/mol. The number of nitrogens with zero attached hydrogens (tertiary/aromatic N) is 1. The maximum Gasteiger partial charge on any atom is 0.161 e. The number of aryl methyl sites for hydroxylation is 1. The lowest BCUT2D eigenvalue weighted by molar-refractivity contribution is 0.384.